The summed E-state index contributed by atoms with van der Waals surface area (Å²) >= 11 is 6.73. The van der Waals surface area contributed by atoms with Gasteiger partial charge in [-0.2, -0.15) is 0 Å². The number of anilines is 1. The highest BCUT2D eigenvalue weighted by molar-refractivity contribution is 6.35. The number of pyridine rings is 2. The molecule has 2 aromatic carbocycles. The lowest BCUT2D eigenvalue weighted by molar-refractivity contribution is 0.102. The van der Waals surface area contributed by atoms with Crippen LogP contribution in [0.2, 0.25) is 5.02 Å². The van der Waals surface area contributed by atoms with Gasteiger partial charge in [0.1, 0.15) is 17.3 Å². The number of benzene rings is 2. The van der Waals surface area contributed by atoms with Crippen molar-refractivity contribution < 1.29 is 23.5 Å². The molecule has 1 N–H and O–H groups in total. The lowest BCUT2D eigenvalue weighted by Crippen LogP contribution is -2.14. The molecule has 1 amide bonds. The first kappa shape index (κ1) is 24.7. The Morgan fingerprint density at radius 3 is 2.53 bits per heavy atom. The number of nitrogens with one attached hydrogen (secondary N) is 1. The number of methoxy groups -OCH3 is 1. The van der Waals surface area contributed by atoms with E-state index in [0.717, 1.165) is 11.1 Å². The van der Waals surface area contributed by atoms with Gasteiger partial charge >= 0.3 is 0 Å². The minimum atomic E-state index is -0.752. The minimum absolute atomic E-state index is 0.0685. The monoisotopic (exact) mass is 503 g/mol. The Balaban J connectivity index is 1.72. The molecule has 0 radical (unpaired) electrons. The number of carbonyl (C=O) groups excluding carboxylic acids is 3. The van der Waals surface area contributed by atoms with Crippen LogP contribution in [-0.4, -0.2) is 35.6 Å². The van der Waals surface area contributed by atoms with Gasteiger partial charge in [-0.3, -0.25) is 24.4 Å². The summed E-state index contributed by atoms with van der Waals surface area (Å²) in [5, 5.41) is 3.09. The minimum Gasteiger partial charge on any atom is -0.496 e. The number of carbonyl (C=O) groups is 3. The standard InChI is InChI=1S/C27H19ClFN3O4/c1-15-18(4-3-5-22(15)32-27(35)23-7-6-16(13-33)12-31-23)19-8-9-30-26(25(19)28)17-10-21(29)20(14-34)24(11-17)36-2/h3-14H,1-2H3,(H,32,35). The molecule has 0 aliphatic carbocycles. The number of aldehydes is 2. The molecule has 4 aromatic rings. The zero-order valence-corrected chi connectivity index (χ0v) is 20.0. The number of hydrogen-bond donors (Lipinski definition) is 1. The van der Waals surface area contributed by atoms with Crippen LogP contribution in [0, 0.1) is 12.7 Å². The van der Waals surface area contributed by atoms with E-state index in [1.807, 2.05) is 13.0 Å². The van der Waals surface area contributed by atoms with Gasteiger partial charge < -0.3 is 10.1 Å². The number of rotatable bonds is 7. The Bertz CT molecular complexity index is 1490. The van der Waals surface area contributed by atoms with Gasteiger partial charge in [-0.15, -0.1) is 0 Å². The molecule has 0 aliphatic rings. The fourth-order valence-electron chi connectivity index (χ4n) is 3.72. The molecule has 0 aliphatic heterocycles. The van der Waals surface area contributed by atoms with E-state index in [-0.39, 0.29) is 22.0 Å². The van der Waals surface area contributed by atoms with Crippen LogP contribution in [0.25, 0.3) is 22.4 Å². The largest absolute Gasteiger partial charge is 0.496 e. The maximum absolute atomic E-state index is 14.5. The molecular weight excluding hydrogens is 485 g/mol. The zero-order chi connectivity index (χ0) is 25.8. The van der Waals surface area contributed by atoms with Crippen LogP contribution in [0.15, 0.2) is 60.9 Å². The van der Waals surface area contributed by atoms with Crippen LogP contribution in [0.5, 0.6) is 5.75 Å². The molecule has 2 aromatic heterocycles. The van der Waals surface area contributed by atoms with Crippen molar-refractivity contribution in [1.29, 1.82) is 0 Å². The number of halogens is 2. The van der Waals surface area contributed by atoms with Crippen molar-refractivity contribution in [2.24, 2.45) is 0 Å². The SMILES string of the molecule is COc1cc(-c2nccc(-c3cccc(NC(=O)c4ccc(C=O)cn4)c3C)c2Cl)cc(F)c1C=O. The maximum atomic E-state index is 14.5. The molecule has 36 heavy (non-hydrogen) atoms. The Morgan fingerprint density at radius 2 is 1.86 bits per heavy atom. The summed E-state index contributed by atoms with van der Waals surface area (Å²) in [6.07, 6.45) is 3.90. The van der Waals surface area contributed by atoms with Crippen molar-refractivity contribution in [2.75, 3.05) is 12.4 Å². The summed E-state index contributed by atoms with van der Waals surface area (Å²) in [5.41, 5.74) is 3.58. The van der Waals surface area contributed by atoms with Crippen molar-refractivity contribution in [1.82, 2.24) is 9.97 Å². The van der Waals surface area contributed by atoms with Crippen LogP contribution in [0.1, 0.15) is 36.8 Å². The van der Waals surface area contributed by atoms with Crippen molar-refractivity contribution in [2.45, 2.75) is 6.92 Å². The molecule has 9 heteroatoms. The van der Waals surface area contributed by atoms with Gasteiger partial charge in [-0.1, -0.05) is 23.7 Å². The summed E-state index contributed by atoms with van der Waals surface area (Å²) in [4.78, 5) is 43.1. The molecule has 0 unspecified atom stereocenters. The van der Waals surface area contributed by atoms with Crippen molar-refractivity contribution in [3.05, 3.63) is 94.1 Å². The Morgan fingerprint density at radius 1 is 1.06 bits per heavy atom. The van der Waals surface area contributed by atoms with Crippen molar-refractivity contribution >= 4 is 35.8 Å². The van der Waals surface area contributed by atoms with Crippen molar-refractivity contribution in [3.63, 3.8) is 0 Å². The predicted molar refractivity (Wildman–Crippen MR) is 134 cm³/mol. The summed E-state index contributed by atoms with van der Waals surface area (Å²) in [6.45, 7) is 1.83. The molecule has 4 rings (SSSR count). The maximum Gasteiger partial charge on any atom is 0.274 e. The van der Waals surface area contributed by atoms with Crippen LogP contribution >= 0.6 is 11.6 Å². The summed E-state index contributed by atoms with van der Waals surface area (Å²) < 4.78 is 19.7. The van der Waals surface area contributed by atoms with E-state index in [1.54, 1.807) is 18.2 Å². The lowest BCUT2D eigenvalue weighted by atomic mass is 9.97. The normalized spacial score (nSPS) is 10.6. The molecule has 0 saturated carbocycles. The molecule has 0 bridgehead atoms. The highest BCUT2D eigenvalue weighted by Gasteiger charge is 2.19. The quantitative estimate of drug-likeness (QED) is 0.320. The van der Waals surface area contributed by atoms with E-state index in [4.69, 9.17) is 16.3 Å². The number of aromatic nitrogens is 2. The number of ether oxygens (including phenoxy) is 1. The average molecular weight is 504 g/mol. The fraction of sp³-hybridized carbons (Fsp3) is 0.0741. The summed E-state index contributed by atoms with van der Waals surface area (Å²) in [7, 11) is 1.34. The first-order valence-corrected chi connectivity index (χ1v) is 11.1. The Hall–Kier alpha value is -4.43. The van der Waals surface area contributed by atoms with E-state index in [1.165, 1.54) is 43.8 Å². The summed E-state index contributed by atoms with van der Waals surface area (Å²) in [5.74, 6) is -1.12. The van der Waals surface area contributed by atoms with Crippen LogP contribution in [0.3, 0.4) is 0 Å². The molecule has 0 atom stereocenters. The predicted octanol–water partition coefficient (Wildman–Crippen LogP) is 5.80. The highest BCUT2D eigenvalue weighted by Crippen LogP contribution is 2.39. The van der Waals surface area contributed by atoms with Crippen LogP contribution in [-0.2, 0) is 0 Å². The second-order valence-corrected chi connectivity index (χ2v) is 8.12. The van der Waals surface area contributed by atoms with E-state index in [9.17, 15) is 18.8 Å². The number of nitrogens with zero attached hydrogens (tertiary/aromatic N) is 2. The smallest absolute Gasteiger partial charge is 0.274 e. The third kappa shape index (κ3) is 4.71. The Labute approximate surface area is 210 Å². The molecule has 180 valence electrons. The third-order valence-corrected chi connectivity index (χ3v) is 6.00. The van der Waals surface area contributed by atoms with Crippen LogP contribution < -0.4 is 10.1 Å². The first-order valence-electron chi connectivity index (χ1n) is 10.7. The zero-order valence-electron chi connectivity index (χ0n) is 19.2. The van der Waals surface area contributed by atoms with Gasteiger partial charge in [0.25, 0.3) is 5.91 Å². The van der Waals surface area contributed by atoms with E-state index in [2.05, 4.69) is 15.3 Å². The molecule has 7 nitrogen and oxygen atoms in total. The molecule has 0 spiro atoms. The van der Waals surface area contributed by atoms with Gasteiger partial charge in [0.15, 0.2) is 12.6 Å². The molecular formula is C27H19ClFN3O4. The van der Waals surface area contributed by atoms with Gasteiger partial charge in [0, 0.05) is 34.8 Å². The molecule has 0 saturated heterocycles. The van der Waals surface area contributed by atoms with Crippen molar-refractivity contribution in [3.8, 4) is 28.1 Å². The second kappa shape index (κ2) is 10.5. The summed E-state index contributed by atoms with van der Waals surface area (Å²) in [6, 6.07) is 12.7. The fourth-order valence-corrected chi connectivity index (χ4v) is 4.05. The molecule has 2 heterocycles. The van der Waals surface area contributed by atoms with Gasteiger partial charge in [-0.05, 0) is 54.4 Å². The lowest BCUT2D eigenvalue weighted by Gasteiger charge is -2.15. The third-order valence-electron chi connectivity index (χ3n) is 5.62. The van der Waals surface area contributed by atoms with Gasteiger partial charge in [-0.25, -0.2) is 4.39 Å². The van der Waals surface area contributed by atoms with Crippen LogP contribution in [0.4, 0.5) is 10.1 Å². The van der Waals surface area contributed by atoms with E-state index < -0.39 is 11.7 Å². The average Bonchev–Trinajstić information content (AvgIpc) is 2.89. The molecule has 0 fully saturated rings. The topological polar surface area (TPSA) is 98.2 Å². The first-order chi connectivity index (χ1) is 17.4. The Kier molecular flexibility index (Phi) is 7.17. The highest BCUT2D eigenvalue weighted by atomic mass is 35.5. The second-order valence-electron chi connectivity index (χ2n) is 7.74. The number of hydrogen-bond acceptors (Lipinski definition) is 6. The van der Waals surface area contributed by atoms with Gasteiger partial charge in [0.2, 0.25) is 0 Å². The van der Waals surface area contributed by atoms with E-state index >= 15 is 0 Å². The van der Waals surface area contributed by atoms with E-state index in [0.29, 0.717) is 40.6 Å². The number of amides is 1. The van der Waals surface area contributed by atoms with Gasteiger partial charge in [0.05, 0.1) is 23.4 Å².